The Morgan fingerprint density at radius 3 is 2.40 bits per heavy atom. The first-order valence-electron chi connectivity index (χ1n) is 8.53. The fourth-order valence-corrected chi connectivity index (χ4v) is 3.00. The van der Waals surface area contributed by atoms with Gasteiger partial charge in [-0.25, -0.2) is 27.5 Å². The molecule has 0 radical (unpaired) electrons. The largest absolute Gasteiger partial charge is 0.401 e. The number of fused-ring (bicyclic) bond motifs is 1. The highest BCUT2D eigenvalue weighted by Gasteiger charge is 2.21. The Hall–Kier alpha value is -3.59. The van der Waals surface area contributed by atoms with Crippen LogP contribution in [-0.4, -0.2) is 14.3 Å². The molecule has 0 amide bonds. The number of benzene rings is 2. The molecule has 0 unspecified atom stereocenters. The van der Waals surface area contributed by atoms with E-state index in [4.69, 9.17) is 16.4 Å². The average molecular weight is 434 g/mol. The van der Waals surface area contributed by atoms with Crippen molar-refractivity contribution in [2.75, 3.05) is 0 Å². The minimum atomic E-state index is -1.12. The molecule has 30 heavy (non-hydrogen) atoms. The van der Waals surface area contributed by atoms with Crippen LogP contribution in [0.5, 0.6) is 0 Å². The van der Waals surface area contributed by atoms with Gasteiger partial charge in [0.05, 0.1) is 11.1 Å². The van der Waals surface area contributed by atoms with Gasteiger partial charge in [-0.05, 0) is 23.8 Å². The fourth-order valence-electron chi connectivity index (χ4n) is 2.87. The van der Waals surface area contributed by atoms with E-state index in [2.05, 4.69) is 4.98 Å². The van der Waals surface area contributed by atoms with Crippen LogP contribution in [0.3, 0.4) is 0 Å². The zero-order valence-corrected chi connectivity index (χ0v) is 15.7. The summed E-state index contributed by atoms with van der Waals surface area (Å²) in [5, 5.41) is -1.01. The Balaban J connectivity index is 2.00. The third-order valence-electron chi connectivity index (χ3n) is 4.26. The van der Waals surface area contributed by atoms with Gasteiger partial charge < -0.3 is 4.84 Å². The van der Waals surface area contributed by atoms with Gasteiger partial charge in [-0.3, -0.25) is 4.79 Å². The van der Waals surface area contributed by atoms with Crippen molar-refractivity contribution in [1.82, 2.24) is 14.3 Å². The van der Waals surface area contributed by atoms with Crippen LogP contribution in [0.1, 0.15) is 5.56 Å². The maximum atomic E-state index is 14.4. The third-order valence-corrected chi connectivity index (χ3v) is 4.52. The Labute approximate surface area is 171 Å². The van der Waals surface area contributed by atoms with Crippen molar-refractivity contribution in [3.8, 4) is 5.69 Å². The summed E-state index contributed by atoms with van der Waals surface area (Å²) >= 11 is 5.70. The SMILES string of the molecule is O=c1c2cc(F)c(Cl)nc2n(-c2ccc(F)cc2F)c(=O)n1OCc1ccccc1. The second-order valence-corrected chi connectivity index (χ2v) is 6.56. The maximum Gasteiger partial charge on any atom is 0.371 e. The summed E-state index contributed by atoms with van der Waals surface area (Å²) in [6.07, 6.45) is 0. The van der Waals surface area contributed by atoms with Gasteiger partial charge in [0.25, 0.3) is 5.56 Å². The lowest BCUT2D eigenvalue weighted by atomic mass is 10.2. The second kappa shape index (κ2) is 7.68. The lowest BCUT2D eigenvalue weighted by Crippen LogP contribution is -2.43. The van der Waals surface area contributed by atoms with Crippen LogP contribution in [0.25, 0.3) is 16.7 Å². The minimum Gasteiger partial charge on any atom is -0.401 e. The quantitative estimate of drug-likeness (QED) is 0.463. The van der Waals surface area contributed by atoms with Gasteiger partial charge in [-0.15, -0.1) is 0 Å². The highest BCUT2D eigenvalue weighted by molar-refractivity contribution is 6.29. The van der Waals surface area contributed by atoms with Gasteiger partial charge in [-0.2, -0.15) is 0 Å². The van der Waals surface area contributed by atoms with Crippen LogP contribution in [0.4, 0.5) is 13.2 Å². The Morgan fingerprint density at radius 2 is 1.70 bits per heavy atom. The van der Waals surface area contributed by atoms with Crippen LogP contribution in [-0.2, 0) is 6.61 Å². The molecule has 4 aromatic rings. The summed E-state index contributed by atoms with van der Waals surface area (Å²) in [7, 11) is 0. The van der Waals surface area contributed by atoms with E-state index in [1.165, 1.54) is 0 Å². The van der Waals surface area contributed by atoms with E-state index in [0.717, 1.165) is 18.2 Å². The monoisotopic (exact) mass is 433 g/mol. The lowest BCUT2D eigenvalue weighted by Gasteiger charge is -2.15. The van der Waals surface area contributed by atoms with Crippen molar-refractivity contribution in [3.63, 3.8) is 0 Å². The standard InChI is InChI=1S/C20H11ClF3N3O3/c21-17-15(24)9-13-18(25-17)26(16-7-6-12(22)8-14(16)23)20(29)27(19(13)28)30-10-11-4-2-1-3-5-11/h1-9H,10H2. The fraction of sp³-hybridized carbons (Fsp3) is 0.0500. The normalized spacial score (nSPS) is 11.1. The first kappa shape index (κ1) is 19.7. The minimum absolute atomic E-state index is 0.170. The molecule has 0 saturated heterocycles. The van der Waals surface area contributed by atoms with Gasteiger partial charge >= 0.3 is 5.69 Å². The molecule has 0 fully saturated rings. The maximum absolute atomic E-state index is 14.4. The number of nitrogens with zero attached hydrogens (tertiary/aromatic N) is 3. The lowest BCUT2D eigenvalue weighted by molar-refractivity contribution is 0.0788. The Kier molecular flexibility index (Phi) is 5.04. The summed E-state index contributed by atoms with van der Waals surface area (Å²) in [6, 6.07) is 11.9. The number of hydrogen-bond acceptors (Lipinski definition) is 4. The van der Waals surface area contributed by atoms with Gasteiger partial charge in [-0.1, -0.05) is 46.7 Å². The van der Waals surface area contributed by atoms with Crippen molar-refractivity contribution in [1.29, 1.82) is 0 Å². The summed E-state index contributed by atoms with van der Waals surface area (Å²) < 4.78 is 42.8. The van der Waals surface area contributed by atoms with Crippen molar-refractivity contribution in [2.45, 2.75) is 6.61 Å². The van der Waals surface area contributed by atoms with Gasteiger partial charge in [0.1, 0.15) is 18.2 Å². The molecule has 0 N–H and O–H groups in total. The predicted molar refractivity (Wildman–Crippen MR) is 103 cm³/mol. The topological polar surface area (TPSA) is 66.1 Å². The molecule has 0 atom stereocenters. The van der Waals surface area contributed by atoms with Crippen molar-refractivity contribution in [2.24, 2.45) is 0 Å². The number of pyridine rings is 1. The molecule has 10 heteroatoms. The van der Waals surface area contributed by atoms with Crippen LogP contribution in [0.15, 0.2) is 64.2 Å². The molecule has 0 aliphatic carbocycles. The van der Waals surface area contributed by atoms with Gasteiger partial charge in [0.15, 0.2) is 16.6 Å². The molecule has 2 aromatic heterocycles. The molecule has 4 rings (SSSR count). The zero-order valence-electron chi connectivity index (χ0n) is 15.0. The van der Waals surface area contributed by atoms with E-state index in [1.54, 1.807) is 30.3 Å². The molecular weight excluding hydrogens is 423 g/mol. The molecule has 0 saturated carbocycles. The van der Waals surface area contributed by atoms with Gasteiger partial charge in [0, 0.05) is 6.07 Å². The number of halogens is 4. The van der Waals surface area contributed by atoms with Gasteiger partial charge in [0.2, 0.25) is 0 Å². The number of aromatic nitrogens is 3. The van der Waals surface area contributed by atoms with Crippen LogP contribution in [0, 0.1) is 17.5 Å². The Bertz CT molecular complexity index is 1390. The molecule has 2 heterocycles. The third kappa shape index (κ3) is 3.43. The van der Waals surface area contributed by atoms with Crippen molar-refractivity contribution in [3.05, 3.63) is 104 Å². The van der Waals surface area contributed by atoms with Crippen LogP contribution >= 0.6 is 11.6 Å². The highest BCUT2D eigenvalue weighted by atomic mass is 35.5. The first-order valence-corrected chi connectivity index (χ1v) is 8.91. The zero-order chi connectivity index (χ0) is 21.4. The molecule has 6 nitrogen and oxygen atoms in total. The summed E-state index contributed by atoms with van der Waals surface area (Å²) in [6.45, 7) is -0.170. The molecule has 152 valence electrons. The van der Waals surface area contributed by atoms with E-state index in [0.29, 0.717) is 20.9 Å². The second-order valence-electron chi connectivity index (χ2n) is 6.20. The summed E-state index contributed by atoms with van der Waals surface area (Å²) in [5.41, 5.74) is -2.30. The first-order chi connectivity index (χ1) is 14.4. The smallest absolute Gasteiger partial charge is 0.371 e. The summed E-state index contributed by atoms with van der Waals surface area (Å²) in [4.78, 5) is 34.9. The van der Waals surface area contributed by atoms with E-state index in [-0.39, 0.29) is 12.0 Å². The van der Waals surface area contributed by atoms with E-state index in [9.17, 15) is 22.8 Å². The average Bonchev–Trinajstić information content (AvgIpc) is 2.72. The van der Waals surface area contributed by atoms with Crippen molar-refractivity contribution >= 4 is 22.6 Å². The highest BCUT2D eigenvalue weighted by Crippen LogP contribution is 2.20. The van der Waals surface area contributed by atoms with Crippen molar-refractivity contribution < 1.29 is 18.0 Å². The molecular formula is C20H11ClF3N3O3. The Morgan fingerprint density at radius 1 is 0.967 bits per heavy atom. The molecule has 2 aromatic carbocycles. The van der Waals surface area contributed by atoms with Crippen LogP contribution < -0.4 is 16.1 Å². The van der Waals surface area contributed by atoms with Crippen LogP contribution in [0.2, 0.25) is 5.15 Å². The van der Waals surface area contributed by atoms with E-state index in [1.807, 2.05) is 0 Å². The van der Waals surface area contributed by atoms with E-state index < -0.39 is 45.2 Å². The molecule has 0 spiro atoms. The molecule has 0 bridgehead atoms. The summed E-state index contributed by atoms with van der Waals surface area (Å²) in [5.74, 6) is -2.99. The molecule has 0 aliphatic rings. The number of hydrogen-bond donors (Lipinski definition) is 0. The van der Waals surface area contributed by atoms with E-state index >= 15 is 0 Å². The number of rotatable bonds is 4. The molecule has 0 aliphatic heterocycles. The predicted octanol–water partition coefficient (Wildman–Crippen LogP) is 3.25.